The summed E-state index contributed by atoms with van der Waals surface area (Å²) in [7, 11) is 2.08. The van der Waals surface area contributed by atoms with Crippen molar-refractivity contribution < 1.29 is 4.79 Å². The molecular weight excluding hydrogens is 242 g/mol. The van der Waals surface area contributed by atoms with Gasteiger partial charge in [0.05, 0.1) is 0 Å². The second-order valence-corrected chi connectivity index (χ2v) is 4.67. The van der Waals surface area contributed by atoms with Gasteiger partial charge < -0.3 is 10.2 Å². The van der Waals surface area contributed by atoms with Gasteiger partial charge in [-0.15, -0.1) is 0 Å². The average molecular weight is 263 g/mol. The summed E-state index contributed by atoms with van der Waals surface area (Å²) < 4.78 is 0. The fraction of sp³-hybridized carbons (Fsp3) is 0.538. The average Bonchev–Trinajstić information content (AvgIpc) is 2.42. The van der Waals surface area contributed by atoms with Crippen LogP contribution in [-0.4, -0.2) is 60.6 Å². The smallest absolute Gasteiger partial charge is 0.284 e. The van der Waals surface area contributed by atoms with Crippen LogP contribution in [0.2, 0.25) is 0 Å². The van der Waals surface area contributed by atoms with E-state index in [0.717, 1.165) is 38.5 Å². The van der Waals surface area contributed by atoms with Crippen LogP contribution in [0.1, 0.15) is 17.4 Å². The van der Waals surface area contributed by atoms with E-state index in [-0.39, 0.29) is 5.91 Å². The lowest BCUT2D eigenvalue weighted by Crippen LogP contribution is -2.52. The number of aromatic nitrogens is 1. The Labute approximate surface area is 113 Å². The number of amides is 1. The highest BCUT2D eigenvalue weighted by molar-refractivity contribution is 5.92. The molecule has 1 aromatic heterocycles. The highest BCUT2D eigenvalue weighted by Gasteiger charge is 2.17. The summed E-state index contributed by atoms with van der Waals surface area (Å²) >= 11 is 0. The van der Waals surface area contributed by atoms with Crippen molar-refractivity contribution in [1.29, 1.82) is 0 Å². The molecule has 1 amide bonds. The van der Waals surface area contributed by atoms with Crippen molar-refractivity contribution in [2.45, 2.75) is 6.92 Å². The maximum atomic E-state index is 12.1. The molecular formula is C13H21N5O. The predicted octanol–water partition coefficient (Wildman–Crippen LogP) is 0.406. The van der Waals surface area contributed by atoms with E-state index in [1.165, 1.54) is 0 Å². The highest BCUT2D eigenvalue weighted by Crippen LogP contribution is 2.05. The van der Waals surface area contributed by atoms with E-state index in [4.69, 9.17) is 0 Å². The van der Waals surface area contributed by atoms with E-state index >= 15 is 0 Å². The second-order valence-electron chi connectivity index (χ2n) is 4.67. The summed E-state index contributed by atoms with van der Waals surface area (Å²) in [5, 5.41) is 5.05. The fourth-order valence-corrected chi connectivity index (χ4v) is 1.96. The number of piperazine rings is 1. The number of pyridine rings is 1. The molecule has 1 fully saturated rings. The molecule has 1 aliphatic heterocycles. The van der Waals surface area contributed by atoms with E-state index in [2.05, 4.69) is 27.7 Å². The van der Waals surface area contributed by atoms with Gasteiger partial charge in [0, 0.05) is 32.7 Å². The van der Waals surface area contributed by atoms with E-state index in [1.54, 1.807) is 6.07 Å². The zero-order valence-corrected chi connectivity index (χ0v) is 11.5. The number of rotatable bonds is 4. The lowest BCUT2D eigenvalue weighted by Gasteiger charge is -2.32. The third-order valence-corrected chi connectivity index (χ3v) is 3.10. The Bertz CT molecular complexity index is 429. The second kappa shape index (κ2) is 6.49. The van der Waals surface area contributed by atoms with E-state index in [0.29, 0.717) is 5.69 Å². The molecule has 0 bridgehead atoms. The monoisotopic (exact) mass is 263 g/mol. The zero-order chi connectivity index (χ0) is 13.7. The Morgan fingerprint density at radius 2 is 2.05 bits per heavy atom. The molecule has 0 radical (unpaired) electrons. The molecule has 0 atom stereocenters. The van der Waals surface area contributed by atoms with Gasteiger partial charge in [-0.3, -0.25) is 10.2 Å². The molecule has 2 N–H and O–H groups in total. The summed E-state index contributed by atoms with van der Waals surface area (Å²) in [5.74, 6) is 0.581. The number of likely N-dealkylation sites (N-methyl/N-ethyl adjacent to an activating group) is 1. The highest BCUT2D eigenvalue weighted by atomic mass is 16.2. The Kier molecular flexibility index (Phi) is 4.70. The quantitative estimate of drug-likeness (QED) is 0.824. The minimum absolute atomic E-state index is 0.149. The van der Waals surface area contributed by atoms with Gasteiger partial charge in [0.1, 0.15) is 11.5 Å². The molecule has 0 spiro atoms. The van der Waals surface area contributed by atoms with Gasteiger partial charge in [0.2, 0.25) is 0 Å². The molecule has 6 nitrogen and oxygen atoms in total. The first-order valence-corrected chi connectivity index (χ1v) is 6.64. The van der Waals surface area contributed by atoms with Crippen molar-refractivity contribution in [3.05, 3.63) is 23.9 Å². The zero-order valence-electron chi connectivity index (χ0n) is 11.5. The van der Waals surface area contributed by atoms with Crippen molar-refractivity contribution in [2.75, 3.05) is 45.1 Å². The normalized spacial score (nSPS) is 17.2. The lowest BCUT2D eigenvalue weighted by molar-refractivity contribution is 0.0658. The maximum Gasteiger partial charge on any atom is 0.284 e. The Morgan fingerprint density at radius 1 is 1.32 bits per heavy atom. The summed E-state index contributed by atoms with van der Waals surface area (Å²) in [5.41, 5.74) is 3.34. The third-order valence-electron chi connectivity index (χ3n) is 3.10. The number of anilines is 1. The topological polar surface area (TPSA) is 60.5 Å². The van der Waals surface area contributed by atoms with Crippen molar-refractivity contribution >= 4 is 11.7 Å². The number of nitrogens with one attached hydrogen (secondary N) is 2. The van der Waals surface area contributed by atoms with E-state index < -0.39 is 0 Å². The van der Waals surface area contributed by atoms with Crippen LogP contribution < -0.4 is 10.7 Å². The lowest BCUT2D eigenvalue weighted by atomic mass is 10.3. The van der Waals surface area contributed by atoms with Crippen LogP contribution in [0, 0.1) is 0 Å². The molecule has 19 heavy (non-hydrogen) atoms. The minimum Gasteiger partial charge on any atom is -0.370 e. The molecule has 1 saturated heterocycles. The molecule has 2 heterocycles. The molecule has 0 aromatic carbocycles. The molecule has 0 aliphatic carbocycles. The van der Waals surface area contributed by atoms with Crippen LogP contribution in [0.5, 0.6) is 0 Å². The SMILES string of the molecule is CCNc1cccc(C(=O)NN2CCN(C)CC2)n1. The van der Waals surface area contributed by atoms with Crippen LogP contribution in [0.25, 0.3) is 0 Å². The van der Waals surface area contributed by atoms with Crippen LogP contribution in [-0.2, 0) is 0 Å². The van der Waals surface area contributed by atoms with Crippen LogP contribution >= 0.6 is 0 Å². The van der Waals surface area contributed by atoms with Gasteiger partial charge in [0.25, 0.3) is 5.91 Å². The summed E-state index contributed by atoms with van der Waals surface area (Å²) in [6, 6.07) is 5.42. The molecule has 0 unspecified atom stereocenters. The Balaban J connectivity index is 1.94. The van der Waals surface area contributed by atoms with E-state index in [1.807, 2.05) is 24.1 Å². The van der Waals surface area contributed by atoms with Crippen LogP contribution in [0.15, 0.2) is 18.2 Å². The molecule has 6 heteroatoms. The van der Waals surface area contributed by atoms with Gasteiger partial charge in [0.15, 0.2) is 0 Å². The maximum absolute atomic E-state index is 12.1. The van der Waals surface area contributed by atoms with Gasteiger partial charge in [-0.2, -0.15) is 0 Å². The molecule has 1 aliphatic rings. The van der Waals surface area contributed by atoms with Crippen molar-refractivity contribution in [1.82, 2.24) is 20.3 Å². The predicted molar refractivity (Wildman–Crippen MR) is 74.9 cm³/mol. The number of carbonyl (C=O) groups is 1. The van der Waals surface area contributed by atoms with Crippen molar-refractivity contribution in [2.24, 2.45) is 0 Å². The number of nitrogens with zero attached hydrogens (tertiary/aromatic N) is 3. The molecule has 2 rings (SSSR count). The first-order valence-electron chi connectivity index (χ1n) is 6.64. The third kappa shape index (κ3) is 3.90. The Hall–Kier alpha value is -1.66. The largest absolute Gasteiger partial charge is 0.370 e. The minimum atomic E-state index is -0.149. The number of carbonyl (C=O) groups excluding carboxylic acids is 1. The van der Waals surface area contributed by atoms with Crippen LogP contribution in [0.4, 0.5) is 5.82 Å². The first kappa shape index (κ1) is 13.8. The number of hydrogen-bond acceptors (Lipinski definition) is 5. The Morgan fingerprint density at radius 3 is 2.74 bits per heavy atom. The molecule has 1 aromatic rings. The molecule has 0 saturated carbocycles. The number of hydrogen-bond donors (Lipinski definition) is 2. The fourth-order valence-electron chi connectivity index (χ4n) is 1.96. The van der Waals surface area contributed by atoms with Gasteiger partial charge in [-0.25, -0.2) is 9.99 Å². The van der Waals surface area contributed by atoms with Crippen molar-refractivity contribution in [3.63, 3.8) is 0 Å². The molecule has 104 valence electrons. The standard InChI is InChI=1S/C13H21N5O/c1-3-14-12-6-4-5-11(15-12)13(19)16-18-9-7-17(2)8-10-18/h4-6H,3,7-10H2,1-2H3,(H,14,15)(H,16,19). The van der Waals surface area contributed by atoms with Gasteiger partial charge >= 0.3 is 0 Å². The number of hydrazine groups is 1. The van der Waals surface area contributed by atoms with Gasteiger partial charge in [-0.05, 0) is 26.1 Å². The van der Waals surface area contributed by atoms with E-state index in [9.17, 15) is 4.79 Å². The van der Waals surface area contributed by atoms with Crippen LogP contribution in [0.3, 0.4) is 0 Å². The summed E-state index contributed by atoms with van der Waals surface area (Å²) in [6.07, 6.45) is 0. The summed E-state index contributed by atoms with van der Waals surface area (Å²) in [6.45, 7) is 6.40. The van der Waals surface area contributed by atoms with Crippen molar-refractivity contribution in [3.8, 4) is 0 Å². The first-order chi connectivity index (χ1) is 9.19. The van der Waals surface area contributed by atoms with Gasteiger partial charge in [-0.1, -0.05) is 6.07 Å². The summed E-state index contributed by atoms with van der Waals surface area (Å²) in [4.78, 5) is 18.6.